The molecule has 106 valence electrons. The Hall–Kier alpha value is -1.26. The van der Waals surface area contributed by atoms with Gasteiger partial charge in [0.2, 0.25) is 5.91 Å². The molecular formula is C14H21ClN2O2. The number of piperidine rings is 1. The summed E-state index contributed by atoms with van der Waals surface area (Å²) in [7, 11) is 0. The van der Waals surface area contributed by atoms with Gasteiger partial charge in [-0.2, -0.15) is 0 Å². The van der Waals surface area contributed by atoms with Crippen molar-refractivity contribution in [3.63, 3.8) is 0 Å². The maximum Gasteiger partial charge on any atom is 0.228 e. The molecular weight excluding hydrogens is 264 g/mol. The van der Waals surface area contributed by atoms with Gasteiger partial charge in [-0.3, -0.25) is 4.79 Å². The number of hydrogen-bond donors (Lipinski definition) is 3. The van der Waals surface area contributed by atoms with Crippen LogP contribution in [0.3, 0.4) is 0 Å². The predicted octanol–water partition coefficient (Wildman–Crippen LogP) is 2.31. The highest BCUT2D eigenvalue weighted by molar-refractivity contribution is 5.94. The third-order valence-corrected chi connectivity index (χ3v) is 3.39. The number of amides is 1. The minimum absolute atomic E-state index is 0. The highest BCUT2D eigenvalue weighted by atomic mass is 35.5. The first-order chi connectivity index (χ1) is 8.70. The average molecular weight is 285 g/mol. The third-order valence-electron chi connectivity index (χ3n) is 3.39. The van der Waals surface area contributed by atoms with Gasteiger partial charge in [0.25, 0.3) is 0 Å². The maximum atomic E-state index is 12.1. The molecule has 3 N–H and O–H groups in total. The summed E-state index contributed by atoms with van der Waals surface area (Å²) in [6.45, 7) is 3.75. The number of aryl methyl sites for hydroxylation is 1. The van der Waals surface area contributed by atoms with E-state index in [1.165, 1.54) is 0 Å². The van der Waals surface area contributed by atoms with Crippen molar-refractivity contribution in [1.29, 1.82) is 0 Å². The largest absolute Gasteiger partial charge is 0.506 e. The molecule has 1 aromatic carbocycles. The van der Waals surface area contributed by atoms with Crippen molar-refractivity contribution in [1.82, 2.24) is 5.32 Å². The summed E-state index contributed by atoms with van der Waals surface area (Å²) in [4.78, 5) is 12.1. The second-order valence-corrected chi connectivity index (χ2v) is 4.74. The fourth-order valence-corrected chi connectivity index (χ4v) is 2.21. The van der Waals surface area contributed by atoms with E-state index in [0.717, 1.165) is 37.9 Å². The SMILES string of the molecule is CCc1ccc(O)c(NC(=O)C2CCCNC2)c1.Cl. The van der Waals surface area contributed by atoms with E-state index in [1.54, 1.807) is 6.07 Å². The number of phenols is 1. The Morgan fingerprint density at radius 2 is 2.32 bits per heavy atom. The van der Waals surface area contributed by atoms with E-state index in [-0.39, 0.29) is 30.0 Å². The van der Waals surface area contributed by atoms with E-state index >= 15 is 0 Å². The number of carbonyl (C=O) groups excluding carboxylic acids is 1. The second kappa shape index (κ2) is 7.36. The lowest BCUT2D eigenvalue weighted by Crippen LogP contribution is -2.37. The molecule has 1 aliphatic rings. The Balaban J connectivity index is 0.00000180. The van der Waals surface area contributed by atoms with Crippen molar-refractivity contribution < 1.29 is 9.90 Å². The standard InChI is InChI=1S/C14H20N2O2.ClH/c1-2-10-5-6-13(17)12(8-10)16-14(18)11-4-3-7-15-9-11;/h5-6,8,11,15,17H,2-4,7,9H2,1H3,(H,16,18);1H. The van der Waals surface area contributed by atoms with Gasteiger partial charge >= 0.3 is 0 Å². The number of aromatic hydroxyl groups is 1. The first-order valence-electron chi connectivity index (χ1n) is 6.54. The molecule has 0 aliphatic carbocycles. The number of halogens is 1. The average Bonchev–Trinajstić information content (AvgIpc) is 2.42. The van der Waals surface area contributed by atoms with Crippen molar-refractivity contribution in [3.05, 3.63) is 23.8 Å². The van der Waals surface area contributed by atoms with E-state index in [4.69, 9.17) is 0 Å². The Morgan fingerprint density at radius 1 is 1.53 bits per heavy atom. The zero-order valence-electron chi connectivity index (χ0n) is 11.1. The molecule has 1 aliphatic heterocycles. The highest BCUT2D eigenvalue weighted by Gasteiger charge is 2.21. The summed E-state index contributed by atoms with van der Waals surface area (Å²) in [5.74, 6) is 0.124. The van der Waals surface area contributed by atoms with Crippen molar-refractivity contribution >= 4 is 24.0 Å². The second-order valence-electron chi connectivity index (χ2n) is 4.74. The van der Waals surface area contributed by atoms with Crippen LogP contribution in [0.2, 0.25) is 0 Å². The van der Waals surface area contributed by atoms with E-state index in [2.05, 4.69) is 10.6 Å². The molecule has 1 amide bonds. The first-order valence-corrected chi connectivity index (χ1v) is 6.54. The van der Waals surface area contributed by atoms with Gasteiger partial charge in [-0.15, -0.1) is 12.4 Å². The summed E-state index contributed by atoms with van der Waals surface area (Å²) in [5.41, 5.74) is 1.62. The van der Waals surface area contributed by atoms with Crippen molar-refractivity contribution in [2.24, 2.45) is 5.92 Å². The molecule has 1 unspecified atom stereocenters. The van der Waals surface area contributed by atoms with Gasteiger partial charge in [0.15, 0.2) is 0 Å². The van der Waals surface area contributed by atoms with Crippen molar-refractivity contribution in [2.75, 3.05) is 18.4 Å². The van der Waals surface area contributed by atoms with Crippen molar-refractivity contribution in [2.45, 2.75) is 26.2 Å². The van der Waals surface area contributed by atoms with Crippen LogP contribution in [-0.4, -0.2) is 24.1 Å². The molecule has 0 radical (unpaired) electrons. The maximum absolute atomic E-state index is 12.1. The van der Waals surface area contributed by atoms with Crippen LogP contribution in [0.1, 0.15) is 25.3 Å². The monoisotopic (exact) mass is 284 g/mol. The molecule has 0 spiro atoms. The summed E-state index contributed by atoms with van der Waals surface area (Å²) in [5, 5.41) is 15.8. The van der Waals surface area contributed by atoms with Crippen LogP contribution in [0, 0.1) is 5.92 Å². The summed E-state index contributed by atoms with van der Waals surface area (Å²) in [6.07, 6.45) is 2.82. The van der Waals surface area contributed by atoms with Crippen LogP contribution in [0.5, 0.6) is 5.75 Å². The van der Waals surface area contributed by atoms with Crippen LogP contribution >= 0.6 is 12.4 Å². The van der Waals surface area contributed by atoms with Gasteiger partial charge in [-0.05, 0) is 43.5 Å². The number of rotatable bonds is 3. The minimum Gasteiger partial charge on any atom is -0.506 e. The van der Waals surface area contributed by atoms with Gasteiger partial charge in [0.05, 0.1) is 11.6 Å². The number of carbonyl (C=O) groups is 1. The Kier molecular flexibility index (Phi) is 6.12. The van der Waals surface area contributed by atoms with Crippen LogP contribution in [0.4, 0.5) is 5.69 Å². The highest BCUT2D eigenvalue weighted by Crippen LogP contribution is 2.25. The van der Waals surface area contributed by atoms with Crippen LogP contribution in [-0.2, 0) is 11.2 Å². The van der Waals surface area contributed by atoms with Gasteiger partial charge < -0.3 is 15.7 Å². The zero-order chi connectivity index (χ0) is 13.0. The summed E-state index contributed by atoms with van der Waals surface area (Å²) < 4.78 is 0. The number of benzene rings is 1. The van der Waals surface area contributed by atoms with E-state index in [0.29, 0.717) is 5.69 Å². The molecule has 2 rings (SSSR count). The third kappa shape index (κ3) is 4.11. The van der Waals surface area contributed by atoms with Crippen molar-refractivity contribution in [3.8, 4) is 5.75 Å². The van der Waals surface area contributed by atoms with E-state index < -0.39 is 0 Å². The van der Waals surface area contributed by atoms with E-state index in [9.17, 15) is 9.90 Å². The molecule has 1 saturated heterocycles. The smallest absolute Gasteiger partial charge is 0.228 e. The lowest BCUT2D eigenvalue weighted by molar-refractivity contribution is -0.120. The fraction of sp³-hybridized carbons (Fsp3) is 0.500. The Bertz CT molecular complexity index is 431. The van der Waals surface area contributed by atoms with Gasteiger partial charge in [-0.1, -0.05) is 13.0 Å². The number of phenolic OH excluding ortho intramolecular Hbond substituents is 1. The predicted molar refractivity (Wildman–Crippen MR) is 79.0 cm³/mol. The molecule has 1 heterocycles. The molecule has 0 aromatic heterocycles. The molecule has 1 fully saturated rings. The fourth-order valence-electron chi connectivity index (χ4n) is 2.21. The molecule has 0 saturated carbocycles. The quantitative estimate of drug-likeness (QED) is 0.747. The molecule has 5 heteroatoms. The lowest BCUT2D eigenvalue weighted by atomic mass is 9.98. The Labute approximate surface area is 120 Å². The minimum atomic E-state index is -0.00856. The normalized spacial score (nSPS) is 18.5. The number of hydrogen-bond acceptors (Lipinski definition) is 3. The molecule has 19 heavy (non-hydrogen) atoms. The first kappa shape index (κ1) is 15.8. The number of anilines is 1. The summed E-state index contributed by atoms with van der Waals surface area (Å²) >= 11 is 0. The summed E-state index contributed by atoms with van der Waals surface area (Å²) in [6, 6.07) is 5.34. The van der Waals surface area contributed by atoms with Crippen LogP contribution < -0.4 is 10.6 Å². The van der Waals surface area contributed by atoms with Gasteiger partial charge in [0.1, 0.15) is 5.75 Å². The number of nitrogens with one attached hydrogen (secondary N) is 2. The lowest BCUT2D eigenvalue weighted by Gasteiger charge is -2.22. The van der Waals surface area contributed by atoms with Gasteiger partial charge in [0, 0.05) is 6.54 Å². The molecule has 1 aromatic rings. The van der Waals surface area contributed by atoms with E-state index in [1.807, 2.05) is 19.1 Å². The topological polar surface area (TPSA) is 61.4 Å². The zero-order valence-corrected chi connectivity index (χ0v) is 11.9. The molecule has 1 atom stereocenters. The van der Waals surface area contributed by atoms with Crippen LogP contribution in [0.25, 0.3) is 0 Å². The molecule has 4 nitrogen and oxygen atoms in total. The van der Waals surface area contributed by atoms with Crippen LogP contribution in [0.15, 0.2) is 18.2 Å². The Morgan fingerprint density at radius 3 is 2.95 bits per heavy atom. The van der Waals surface area contributed by atoms with Gasteiger partial charge in [-0.25, -0.2) is 0 Å². The molecule has 0 bridgehead atoms.